The second kappa shape index (κ2) is 7.56. The number of benzene rings is 1. The van der Waals surface area contributed by atoms with Crippen molar-refractivity contribution in [3.8, 4) is 5.69 Å². The Balaban J connectivity index is 1.39. The van der Waals surface area contributed by atoms with Crippen molar-refractivity contribution in [2.24, 2.45) is 0 Å². The third-order valence-corrected chi connectivity index (χ3v) is 6.92. The van der Waals surface area contributed by atoms with E-state index in [0.717, 1.165) is 16.9 Å². The van der Waals surface area contributed by atoms with Gasteiger partial charge in [-0.1, -0.05) is 6.07 Å². The molecule has 1 aliphatic carbocycles. The van der Waals surface area contributed by atoms with Crippen LogP contribution in [-0.2, 0) is 25.7 Å². The van der Waals surface area contributed by atoms with Crippen LogP contribution in [0.2, 0.25) is 0 Å². The van der Waals surface area contributed by atoms with E-state index in [0.29, 0.717) is 12.8 Å². The number of fused-ring (bicyclic) bond motifs is 3. The molecule has 0 bridgehead atoms. The van der Waals surface area contributed by atoms with Crippen LogP contribution in [0, 0.1) is 5.82 Å². The summed E-state index contributed by atoms with van der Waals surface area (Å²) in [6, 6.07) is 13.1. The largest absolute Gasteiger partial charge is 0.284 e. The fourth-order valence-corrected chi connectivity index (χ4v) is 5.45. The van der Waals surface area contributed by atoms with Crippen molar-refractivity contribution in [1.29, 1.82) is 0 Å². The molecular formula is C24H21FN2OS. The van der Waals surface area contributed by atoms with Gasteiger partial charge in [-0.3, -0.25) is 14.3 Å². The summed E-state index contributed by atoms with van der Waals surface area (Å²) in [4.78, 5) is 18.3. The SMILES string of the molecule is O=c1cc(CCc2ccc(F)cn2)ccn1-c1ccc2c3c(sc2c1)CCCC3. The summed E-state index contributed by atoms with van der Waals surface area (Å²) in [5, 5.41) is 1.35. The highest BCUT2D eigenvalue weighted by molar-refractivity contribution is 7.19. The molecule has 0 aliphatic heterocycles. The highest BCUT2D eigenvalue weighted by atomic mass is 32.1. The number of halogens is 1. The van der Waals surface area contributed by atoms with Crippen molar-refractivity contribution in [2.45, 2.75) is 38.5 Å². The molecule has 5 heteroatoms. The van der Waals surface area contributed by atoms with Crippen molar-refractivity contribution < 1.29 is 4.39 Å². The Bertz CT molecular complexity index is 1240. The van der Waals surface area contributed by atoms with Crippen LogP contribution < -0.4 is 5.56 Å². The molecule has 1 aliphatic rings. The molecule has 0 fully saturated rings. The molecule has 5 rings (SSSR count). The zero-order valence-corrected chi connectivity index (χ0v) is 16.8. The van der Waals surface area contributed by atoms with Crippen molar-refractivity contribution in [3.05, 3.63) is 92.7 Å². The van der Waals surface area contributed by atoms with Crippen LogP contribution in [0.4, 0.5) is 4.39 Å². The Labute approximate surface area is 172 Å². The summed E-state index contributed by atoms with van der Waals surface area (Å²) < 4.78 is 15.9. The van der Waals surface area contributed by atoms with Gasteiger partial charge >= 0.3 is 0 Å². The first-order valence-electron chi connectivity index (χ1n) is 10.0. The lowest BCUT2D eigenvalue weighted by molar-refractivity contribution is 0.619. The van der Waals surface area contributed by atoms with Crippen LogP contribution in [-0.4, -0.2) is 9.55 Å². The molecule has 0 saturated carbocycles. The van der Waals surface area contributed by atoms with Crippen LogP contribution in [0.5, 0.6) is 0 Å². The normalized spacial score (nSPS) is 13.6. The van der Waals surface area contributed by atoms with Crippen LogP contribution in [0.1, 0.15) is 34.5 Å². The summed E-state index contributed by atoms with van der Waals surface area (Å²) in [6.07, 6.45) is 9.36. The Morgan fingerprint density at radius 3 is 2.76 bits per heavy atom. The molecule has 0 saturated heterocycles. The van der Waals surface area contributed by atoms with Gasteiger partial charge in [-0.15, -0.1) is 11.3 Å². The maximum Gasteiger partial charge on any atom is 0.255 e. The summed E-state index contributed by atoms with van der Waals surface area (Å²) in [5.74, 6) is -0.333. The molecule has 3 nitrogen and oxygen atoms in total. The smallest absolute Gasteiger partial charge is 0.255 e. The number of hydrogen-bond donors (Lipinski definition) is 0. The topological polar surface area (TPSA) is 34.9 Å². The quantitative estimate of drug-likeness (QED) is 0.466. The first-order chi connectivity index (χ1) is 14.2. The molecule has 0 atom stereocenters. The fraction of sp³-hybridized carbons (Fsp3) is 0.250. The number of nitrogens with zero attached hydrogens (tertiary/aromatic N) is 2. The van der Waals surface area contributed by atoms with E-state index in [1.54, 1.807) is 16.7 Å². The molecule has 0 amide bonds. The molecule has 4 aromatic rings. The van der Waals surface area contributed by atoms with Crippen molar-refractivity contribution >= 4 is 21.4 Å². The minimum atomic E-state index is -0.333. The molecule has 146 valence electrons. The first kappa shape index (κ1) is 18.3. The summed E-state index contributed by atoms with van der Waals surface area (Å²) in [7, 11) is 0. The van der Waals surface area contributed by atoms with E-state index in [1.807, 2.05) is 29.7 Å². The summed E-state index contributed by atoms with van der Waals surface area (Å²) in [5.41, 5.74) is 4.18. The fourth-order valence-electron chi connectivity index (χ4n) is 4.12. The zero-order chi connectivity index (χ0) is 19.8. The minimum Gasteiger partial charge on any atom is -0.284 e. The number of rotatable bonds is 4. The van der Waals surface area contributed by atoms with Crippen molar-refractivity contribution in [2.75, 3.05) is 0 Å². The Morgan fingerprint density at radius 1 is 1.03 bits per heavy atom. The van der Waals surface area contributed by atoms with Gasteiger partial charge in [0.1, 0.15) is 5.82 Å². The molecule has 1 aromatic carbocycles. The lowest BCUT2D eigenvalue weighted by atomic mass is 9.96. The summed E-state index contributed by atoms with van der Waals surface area (Å²) in [6.45, 7) is 0. The van der Waals surface area contributed by atoms with Gasteiger partial charge in [-0.25, -0.2) is 4.39 Å². The number of hydrogen-bond acceptors (Lipinski definition) is 3. The number of pyridine rings is 2. The van der Waals surface area contributed by atoms with E-state index in [9.17, 15) is 9.18 Å². The second-order valence-corrected chi connectivity index (χ2v) is 8.74. The number of aromatic nitrogens is 2. The monoisotopic (exact) mass is 404 g/mol. The van der Waals surface area contributed by atoms with E-state index in [2.05, 4.69) is 17.1 Å². The van der Waals surface area contributed by atoms with E-state index in [1.165, 1.54) is 58.5 Å². The third kappa shape index (κ3) is 3.62. The predicted molar refractivity (Wildman–Crippen MR) is 116 cm³/mol. The number of aryl methyl sites for hydroxylation is 4. The number of thiophene rings is 1. The van der Waals surface area contributed by atoms with Gasteiger partial charge in [-0.2, -0.15) is 0 Å². The van der Waals surface area contributed by atoms with Crippen LogP contribution >= 0.6 is 11.3 Å². The summed E-state index contributed by atoms with van der Waals surface area (Å²) >= 11 is 1.88. The average Bonchev–Trinajstić information content (AvgIpc) is 3.11. The maximum absolute atomic E-state index is 13.0. The van der Waals surface area contributed by atoms with Gasteiger partial charge in [0.05, 0.1) is 11.9 Å². The van der Waals surface area contributed by atoms with E-state index in [-0.39, 0.29) is 11.4 Å². The van der Waals surface area contributed by atoms with Crippen molar-refractivity contribution in [1.82, 2.24) is 9.55 Å². The average molecular weight is 405 g/mol. The third-order valence-electron chi connectivity index (χ3n) is 5.66. The van der Waals surface area contributed by atoms with Gasteiger partial charge in [-0.05, 0) is 85.4 Å². The predicted octanol–water partition coefficient (Wildman–Crippen LogP) is 5.25. The highest BCUT2D eigenvalue weighted by Crippen LogP contribution is 2.37. The molecule has 29 heavy (non-hydrogen) atoms. The lowest BCUT2D eigenvalue weighted by Crippen LogP contribution is -2.17. The second-order valence-electron chi connectivity index (χ2n) is 7.60. The molecule has 0 unspecified atom stereocenters. The standard InChI is InChI=1S/C24H21FN2OS/c25-17-6-8-18(26-15-17)7-5-16-11-12-27(24(28)13-16)19-9-10-21-20-3-1-2-4-22(20)29-23(21)14-19/h6,8-15H,1-5,7H2. The molecule has 0 spiro atoms. The molecule has 3 heterocycles. The van der Waals surface area contributed by atoms with E-state index < -0.39 is 0 Å². The lowest BCUT2D eigenvalue weighted by Gasteiger charge is -2.10. The van der Waals surface area contributed by atoms with E-state index in [4.69, 9.17) is 0 Å². The van der Waals surface area contributed by atoms with Gasteiger partial charge in [0, 0.05) is 27.5 Å². The van der Waals surface area contributed by atoms with Crippen LogP contribution in [0.3, 0.4) is 0 Å². The Hall–Kier alpha value is -2.79. The molecule has 3 aromatic heterocycles. The van der Waals surface area contributed by atoms with Gasteiger partial charge in [0.25, 0.3) is 5.56 Å². The van der Waals surface area contributed by atoms with Gasteiger partial charge < -0.3 is 0 Å². The zero-order valence-electron chi connectivity index (χ0n) is 16.0. The minimum absolute atomic E-state index is 0.0322. The molecule has 0 N–H and O–H groups in total. The molecule has 0 radical (unpaired) electrons. The van der Waals surface area contributed by atoms with Gasteiger partial charge in [0.15, 0.2) is 0 Å². The highest BCUT2D eigenvalue weighted by Gasteiger charge is 2.16. The van der Waals surface area contributed by atoms with Crippen LogP contribution in [0.25, 0.3) is 15.8 Å². The van der Waals surface area contributed by atoms with Gasteiger partial charge in [0.2, 0.25) is 0 Å². The Morgan fingerprint density at radius 2 is 1.93 bits per heavy atom. The first-order valence-corrected chi connectivity index (χ1v) is 10.9. The van der Waals surface area contributed by atoms with Crippen molar-refractivity contribution in [3.63, 3.8) is 0 Å². The maximum atomic E-state index is 13.0. The molecular weight excluding hydrogens is 383 g/mol. The van der Waals surface area contributed by atoms with E-state index >= 15 is 0 Å². The Kier molecular flexibility index (Phi) is 4.76. The van der Waals surface area contributed by atoms with Crippen LogP contribution in [0.15, 0.2) is 59.7 Å².